The SMILES string of the molecule is CCN(CC)C(=O)c1cc(CN)on1. The van der Waals surface area contributed by atoms with Gasteiger partial charge in [0, 0.05) is 19.2 Å². The van der Waals surface area contributed by atoms with Gasteiger partial charge in [-0.2, -0.15) is 0 Å². The van der Waals surface area contributed by atoms with Gasteiger partial charge >= 0.3 is 0 Å². The number of hydrogen-bond acceptors (Lipinski definition) is 4. The van der Waals surface area contributed by atoms with Gasteiger partial charge in [-0.1, -0.05) is 5.16 Å². The molecule has 0 spiro atoms. The third-order valence-corrected chi connectivity index (χ3v) is 2.03. The maximum Gasteiger partial charge on any atom is 0.276 e. The van der Waals surface area contributed by atoms with Crippen molar-refractivity contribution in [2.24, 2.45) is 5.73 Å². The summed E-state index contributed by atoms with van der Waals surface area (Å²) in [5.74, 6) is 0.416. The predicted octanol–water partition coefficient (Wildman–Crippen LogP) is 0.615. The van der Waals surface area contributed by atoms with Crippen LogP contribution in [0.25, 0.3) is 0 Å². The summed E-state index contributed by atoms with van der Waals surface area (Å²) in [5, 5.41) is 3.66. The molecule has 0 aliphatic heterocycles. The number of carbonyl (C=O) groups is 1. The van der Waals surface area contributed by atoms with Crippen LogP contribution in [-0.2, 0) is 6.54 Å². The Morgan fingerprint density at radius 3 is 2.64 bits per heavy atom. The Balaban J connectivity index is 2.77. The molecule has 0 fully saturated rings. The first-order valence-corrected chi connectivity index (χ1v) is 4.67. The Morgan fingerprint density at radius 2 is 2.21 bits per heavy atom. The molecule has 0 aromatic carbocycles. The van der Waals surface area contributed by atoms with E-state index in [0.717, 1.165) is 0 Å². The molecule has 5 nitrogen and oxygen atoms in total. The number of aromatic nitrogens is 1. The van der Waals surface area contributed by atoms with Gasteiger partial charge in [0.2, 0.25) is 0 Å². The summed E-state index contributed by atoms with van der Waals surface area (Å²) in [5.41, 5.74) is 5.67. The van der Waals surface area contributed by atoms with Crippen molar-refractivity contribution < 1.29 is 9.32 Å². The molecule has 14 heavy (non-hydrogen) atoms. The summed E-state index contributed by atoms with van der Waals surface area (Å²) in [4.78, 5) is 13.4. The second kappa shape index (κ2) is 4.76. The second-order valence-corrected chi connectivity index (χ2v) is 2.86. The molecule has 1 amide bonds. The fourth-order valence-electron chi connectivity index (χ4n) is 1.18. The maximum absolute atomic E-state index is 11.7. The number of hydrogen-bond donors (Lipinski definition) is 1. The lowest BCUT2D eigenvalue weighted by atomic mass is 10.3. The first-order chi connectivity index (χ1) is 6.72. The number of rotatable bonds is 4. The zero-order chi connectivity index (χ0) is 10.6. The lowest BCUT2D eigenvalue weighted by molar-refractivity contribution is 0.0762. The Bertz CT molecular complexity index is 305. The Morgan fingerprint density at radius 1 is 1.57 bits per heavy atom. The van der Waals surface area contributed by atoms with Gasteiger partial charge in [-0.3, -0.25) is 4.79 Å². The zero-order valence-corrected chi connectivity index (χ0v) is 8.49. The van der Waals surface area contributed by atoms with Crippen LogP contribution in [-0.4, -0.2) is 29.1 Å². The molecule has 78 valence electrons. The van der Waals surface area contributed by atoms with Crippen molar-refractivity contribution in [3.63, 3.8) is 0 Å². The van der Waals surface area contributed by atoms with E-state index in [0.29, 0.717) is 24.5 Å². The molecule has 0 radical (unpaired) electrons. The highest BCUT2D eigenvalue weighted by atomic mass is 16.5. The van der Waals surface area contributed by atoms with Gasteiger partial charge in [-0.15, -0.1) is 0 Å². The lowest BCUT2D eigenvalue weighted by Gasteiger charge is -2.16. The molecule has 1 aromatic heterocycles. The van der Waals surface area contributed by atoms with Crippen LogP contribution >= 0.6 is 0 Å². The average Bonchev–Trinajstić information content (AvgIpc) is 2.67. The van der Waals surface area contributed by atoms with Crippen LogP contribution in [0.5, 0.6) is 0 Å². The monoisotopic (exact) mass is 197 g/mol. The Labute approximate surface area is 82.8 Å². The number of amides is 1. The van der Waals surface area contributed by atoms with Gasteiger partial charge in [0.15, 0.2) is 11.5 Å². The van der Waals surface area contributed by atoms with E-state index in [1.54, 1.807) is 11.0 Å². The molecule has 1 heterocycles. The standard InChI is InChI=1S/C9H15N3O2/c1-3-12(4-2)9(13)8-5-7(6-10)14-11-8/h5H,3-4,6,10H2,1-2H3. The van der Waals surface area contributed by atoms with Gasteiger partial charge in [0.1, 0.15) is 0 Å². The van der Waals surface area contributed by atoms with E-state index in [-0.39, 0.29) is 12.5 Å². The van der Waals surface area contributed by atoms with Crippen LogP contribution in [0, 0.1) is 0 Å². The molecule has 0 atom stereocenters. The molecular weight excluding hydrogens is 182 g/mol. The molecule has 0 saturated heterocycles. The Kier molecular flexibility index (Phi) is 3.64. The summed E-state index contributed by atoms with van der Waals surface area (Å²) >= 11 is 0. The predicted molar refractivity (Wildman–Crippen MR) is 51.6 cm³/mol. The average molecular weight is 197 g/mol. The molecule has 5 heteroatoms. The van der Waals surface area contributed by atoms with Crippen molar-refractivity contribution in [1.29, 1.82) is 0 Å². The molecule has 0 aliphatic rings. The van der Waals surface area contributed by atoms with Crippen molar-refractivity contribution in [2.75, 3.05) is 13.1 Å². The number of carbonyl (C=O) groups excluding carboxylic acids is 1. The third kappa shape index (κ3) is 2.11. The van der Waals surface area contributed by atoms with Crippen molar-refractivity contribution >= 4 is 5.91 Å². The highest BCUT2D eigenvalue weighted by Gasteiger charge is 2.16. The third-order valence-electron chi connectivity index (χ3n) is 2.03. The van der Waals surface area contributed by atoms with Crippen LogP contribution in [0.3, 0.4) is 0 Å². The topological polar surface area (TPSA) is 72.4 Å². The first-order valence-electron chi connectivity index (χ1n) is 4.67. The molecule has 0 bridgehead atoms. The van der Waals surface area contributed by atoms with E-state index in [9.17, 15) is 4.79 Å². The van der Waals surface area contributed by atoms with Gasteiger partial charge in [0.05, 0.1) is 6.54 Å². The van der Waals surface area contributed by atoms with E-state index in [1.165, 1.54) is 0 Å². The molecule has 1 rings (SSSR count). The van der Waals surface area contributed by atoms with Gasteiger partial charge in [-0.05, 0) is 13.8 Å². The molecule has 0 saturated carbocycles. The van der Waals surface area contributed by atoms with Crippen molar-refractivity contribution in [2.45, 2.75) is 20.4 Å². The molecule has 0 unspecified atom stereocenters. The highest BCUT2D eigenvalue weighted by Crippen LogP contribution is 2.06. The summed E-state index contributed by atoms with van der Waals surface area (Å²) in [6.45, 7) is 5.44. The lowest BCUT2D eigenvalue weighted by Crippen LogP contribution is -2.30. The quantitative estimate of drug-likeness (QED) is 0.767. The smallest absolute Gasteiger partial charge is 0.276 e. The fraction of sp³-hybridized carbons (Fsp3) is 0.556. The van der Waals surface area contributed by atoms with E-state index in [1.807, 2.05) is 13.8 Å². The van der Waals surface area contributed by atoms with Crippen LogP contribution in [0.4, 0.5) is 0 Å². The summed E-state index contributed by atoms with van der Waals surface area (Å²) in [6, 6.07) is 1.58. The zero-order valence-electron chi connectivity index (χ0n) is 8.49. The number of nitrogens with two attached hydrogens (primary N) is 1. The first kappa shape index (κ1) is 10.7. The minimum absolute atomic E-state index is 0.113. The van der Waals surface area contributed by atoms with Crippen LogP contribution in [0.15, 0.2) is 10.6 Å². The van der Waals surface area contributed by atoms with Crippen LogP contribution in [0.2, 0.25) is 0 Å². The summed E-state index contributed by atoms with van der Waals surface area (Å²) in [7, 11) is 0. The minimum atomic E-state index is -0.113. The minimum Gasteiger partial charge on any atom is -0.359 e. The normalized spacial score (nSPS) is 10.2. The van der Waals surface area contributed by atoms with E-state index in [4.69, 9.17) is 10.3 Å². The van der Waals surface area contributed by atoms with Gasteiger partial charge in [0.25, 0.3) is 5.91 Å². The molecular formula is C9H15N3O2. The van der Waals surface area contributed by atoms with Crippen LogP contribution in [0.1, 0.15) is 30.1 Å². The van der Waals surface area contributed by atoms with E-state index < -0.39 is 0 Å². The number of nitrogens with zero attached hydrogens (tertiary/aromatic N) is 2. The van der Waals surface area contributed by atoms with E-state index in [2.05, 4.69) is 5.16 Å². The second-order valence-electron chi connectivity index (χ2n) is 2.86. The van der Waals surface area contributed by atoms with Gasteiger partial charge in [-0.25, -0.2) is 0 Å². The summed E-state index contributed by atoms with van der Waals surface area (Å²) in [6.07, 6.45) is 0. The molecule has 1 aromatic rings. The maximum atomic E-state index is 11.7. The Hall–Kier alpha value is -1.36. The molecule has 0 aliphatic carbocycles. The largest absolute Gasteiger partial charge is 0.359 e. The van der Waals surface area contributed by atoms with Crippen molar-refractivity contribution in [3.05, 3.63) is 17.5 Å². The van der Waals surface area contributed by atoms with Crippen molar-refractivity contribution in [1.82, 2.24) is 10.1 Å². The van der Waals surface area contributed by atoms with Gasteiger partial charge < -0.3 is 15.2 Å². The highest BCUT2D eigenvalue weighted by molar-refractivity contribution is 5.92. The van der Waals surface area contributed by atoms with Crippen LogP contribution < -0.4 is 5.73 Å². The van der Waals surface area contributed by atoms with E-state index >= 15 is 0 Å². The van der Waals surface area contributed by atoms with Crippen molar-refractivity contribution in [3.8, 4) is 0 Å². The molecule has 2 N–H and O–H groups in total. The fourth-order valence-corrected chi connectivity index (χ4v) is 1.18. The summed E-state index contributed by atoms with van der Waals surface area (Å²) < 4.78 is 4.85.